The van der Waals surface area contributed by atoms with Crippen molar-refractivity contribution in [3.8, 4) is 0 Å². The molecule has 0 saturated heterocycles. The van der Waals surface area contributed by atoms with Gasteiger partial charge in [-0.05, 0) is 42.9 Å². The largest absolute Gasteiger partial charge is 0.324 e. The Morgan fingerprint density at radius 1 is 1.33 bits per heavy atom. The molecule has 0 radical (unpaired) electrons. The average Bonchev–Trinajstić information content (AvgIpc) is 2.74. The van der Waals surface area contributed by atoms with Gasteiger partial charge >= 0.3 is 0 Å². The van der Waals surface area contributed by atoms with E-state index in [1.807, 2.05) is 13.0 Å². The van der Waals surface area contributed by atoms with E-state index in [4.69, 9.17) is 17.3 Å². The van der Waals surface area contributed by atoms with Crippen molar-refractivity contribution in [1.82, 2.24) is 0 Å². The summed E-state index contributed by atoms with van der Waals surface area (Å²) in [4.78, 5) is 0. The highest BCUT2D eigenvalue weighted by molar-refractivity contribution is 6.31. The van der Waals surface area contributed by atoms with Crippen LogP contribution in [0.1, 0.15) is 42.9 Å². The van der Waals surface area contributed by atoms with Crippen molar-refractivity contribution in [2.24, 2.45) is 11.7 Å². The number of rotatable bonds is 2. The van der Waals surface area contributed by atoms with Crippen molar-refractivity contribution in [1.29, 1.82) is 0 Å². The molecular weight excluding hydrogens is 206 g/mol. The Kier molecular flexibility index (Phi) is 3.32. The van der Waals surface area contributed by atoms with Crippen LogP contribution in [0.5, 0.6) is 0 Å². The maximum Gasteiger partial charge on any atom is 0.0435 e. The first kappa shape index (κ1) is 11.0. The van der Waals surface area contributed by atoms with Crippen molar-refractivity contribution in [2.45, 2.75) is 38.6 Å². The van der Waals surface area contributed by atoms with Gasteiger partial charge in [0.25, 0.3) is 0 Å². The Hall–Kier alpha value is -0.530. The summed E-state index contributed by atoms with van der Waals surface area (Å²) < 4.78 is 0. The van der Waals surface area contributed by atoms with E-state index in [0.29, 0.717) is 5.92 Å². The predicted molar refractivity (Wildman–Crippen MR) is 65.1 cm³/mol. The van der Waals surface area contributed by atoms with Crippen LogP contribution < -0.4 is 5.73 Å². The molecule has 1 aliphatic carbocycles. The minimum Gasteiger partial charge on any atom is -0.324 e. The Morgan fingerprint density at radius 2 is 2.00 bits per heavy atom. The number of aryl methyl sites for hydroxylation is 1. The average molecular weight is 224 g/mol. The second-order valence-corrected chi connectivity index (χ2v) is 4.99. The molecule has 0 heterocycles. The molecule has 15 heavy (non-hydrogen) atoms. The van der Waals surface area contributed by atoms with Crippen molar-refractivity contribution in [3.63, 3.8) is 0 Å². The van der Waals surface area contributed by atoms with Crippen LogP contribution in [0, 0.1) is 12.8 Å². The molecule has 1 atom stereocenters. The number of hydrogen-bond acceptors (Lipinski definition) is 1. The summed E-state index contributed by atoms with van der Waals surface area (Å²) in [6, 6.07) is 6.36. The van der Waals surface area contributed by atoms with Crippen LogP contribution >= 0.6 is 11.6 Å². The number of halogens is 1. The summed E-state index contributed by atoms with van der Waals surface area (Å²) in [5, 5.41) is 0.831. The molecule has 82 valence electrons. The summed E-state index contributed by atoms with van der Waals surface area (Å²) in [7, 11) is 0. The first-order chi connectivity index (χ1) is 7.18. The van der Waals surface area contributed by atoms with Crippen LogP contribution in [-0.2, 0) is 0 Å². The Labute approximate surface area is 96.6 Å². The van der Waals surface area contributed by atoms with Crippen LogP contribution in [-0.4, -0.2) is 0 Å². The Balaban J connectivity index is 2.17. The minimum absolute atomic E-state index is 0.198. The molecule has 2 rings (SSSR count). The number of hydrogen-bond donors (Lipinski definition) is 1. The maximum absolute atomic E-state index is 6.28. The van der Waals surface area contributed by atoms with Crippen molar-refractivity contribution in [2.75, 3.05) is 0 Å². The number of benzene rings is 1. The fraction of sp³-hybridized carbons (Fsp3) is 0.538. The van der Waals surface area contributed by atoms with Gasteiger partial charge in [-0.25, -0.2) is 0 Å². The zero-order valence-electron chi connectivity index (χ0n) is 9.17. The van der Waals surface area contributed by atoms with E-state index in [2.05, 4.69) is 12.1 Å². The second-order valence-electron chi connectivity index (χ2n) is 4.58. The van der Waals surface area contributed by atoms with Gasteiger partial charge in [0.2, 0.25) is 0 Å². The highest BCUT2D eigenvalue weighted by Gasteiger charge is 2.23. The Bertz CT molecular complexity index is 342. The molecule has 1 fully saturated rings. The molecule has 2 heteroatoms. The van der Waals surface area contributed by atoms with Gasteiger partial charge in [-0.3, -0.25) is 0 Å². The molecule has 1 aromatic rings. The molecule has 2 N–H and O–H groups in total. The third kappa shape index (κ3) is 2.35. The van der Waals surface area contributed by atoms with Gasteiger partial charge in [0, 0.05) is 11.1 Å². The van der Waals surface area contributed by atoms with Crippen LogP contribution in [0.3, 0.4) is 0 Å². The fourth-order valence-corrected chi connectivity index (χ4v) is 2.58. The monoisotopic (exact) mass is 223 g/mol. The van der Waals surface area contributed by atoms with Gasteiger partial charge in [0.1, 0.15) is 0 Å². The van der Waals surface area contributed by atoms with Crippen molar-refractivity contribution in [3.05, 3.63) is 34.3 Å². The summed E-state index contributed by atoms with van der Waals surface area (Å²) >= 11 is 6.00. The summed E-state index contributed by atoms with van der Waals surface area (Å²) in [5.41, 5.74) is 8.64. The molecule has 1 aliphatic rings. The minimum atomic E-state index is 0.198. The van der Waals surface area contributed by atoms with E-state index in [9.17, 15) is 0 Å². The second kappa shape index (κ2) is 4.54. The third-order valence-corrected chi connectivity index (χ3v) is 3.90. The molecular formula is C13H18ClN. The highest BCUT2D eigenvalue weighted by Crippen LogP contribution is 2.34. The maximum atomic E-state index is 6.28. The van der Waals surface area contributed by atoms with Gasteiger partial charge in [-0.2, -0.15) is 0 Å². The molecule has 1 aromatic carbocycles. The lowest BCUT2D eigenvalue weighted by atomic mass is 9.92. The topological polar surface area (TPSA) is 26.0 Å². The molecule has 0 aromatic heterocycles. The quantitative estimate of drug-likeness (QED) is 0.810. The van der Waals surface area contributed by atoms with Gasteiger partial charge in [-0.1, -0.05) is 36.6 Å². The molecule has 1 nitrogen and oxygen atoms in total. The zero-order chi connectivity index (χ0) is 10.8. The number of nitrogens with two attached hydrogens (primary N) is 1. The van der Waals surface area contributed by atoms with Crippen LogP contribution in [0.2, 0.25) is 5.02 Å². The lowest BCUT2D eigenvalue weighted by Gasteiger charge is -2.19. The fourth-order valence-electron chi connectivity index (χ4n) is 2.46. The SMILES string of the molecule is Cc1cc(C(N)C2CCCC2)ccc1Cl. The van der Waals surface area contributed by atoms with E-state index in [1.54, 1.807) is 0 Å². The van der Waals surface area contributed by atoms with Gasteiger partial charge < -0.3 is 5.73 Å². The van der Waals surface area contributed by atoms with Crippen molar-refractivity contribution >= 4 is 11.6 Å². The smallest absolute Gasteiger partial charge is 0.0435 e. The van der Waals surface area contributed by atoms with E-state index in [-0.39, 0.29) is 6.04 Å². The van der Waals surface area contributed by atoms with Crippen LogP contribution in [0.25, 0.3) is 0 Å². The normalized spacial score (nSPS) is 19.4. The van der Waals surface area contributed by atoms with E-state index in [0.717, 1.165) is 10.6 Å². The lowest BCUT2D eigenvalue weighted by molar-refractivity contribution is 0.445. The van der Waals surface area contributed by atoms with E-state index in [1.165, 1.54) is 31.2 Å². The summed E-state index contributed by atoms with van der Waals surface area (Å²) in [6.45, 7) is 2.03. The van der Waals surface area contributed by atoms with Gasteiger partial charge in [0.15, 0.2) is 0 Å². The first-order valence-corrected chi connectivity index (χ1v) is 6.08. The standard InChI is InChI=1S/C13H18ClN/c1-9-8-11(6-7-12(9)14)13(15)10-4-2-3-5-10/h6-8,10,13H,2-5,15H2,1H3. The summed E-state index contributed by atoms with van der Waals surface area (Å²) in [5.74, 6) is 0.672. The lowest BCUT2D eigenvalue weighted by Crippen LogP contribution is -2.19. The zero-order valence-corrected chi connectivity index (χ0v) is 9.93. The first-order valence-electron chi connectivity index (χ1n) is 5.70. The molecule has 0 spiro atoms. The molecule has 0 bridgehead atoms. The molecule has 1 saturated carbocycles. The molecule has 1 unspecified atom stereocenters. The third-order valence-electron chi connectivity index (χ3n) is 3.47. The highest BCUT2D eigenvalue weighted by atomic mass is 35.5. The van der Waals surface area contributed by atoms with Gasteiger partial charge in [0.05, 0.1) is 0 Å². The molecule has 0 aliphatic heterocycles. The van der Waals surface area contributed by atoms with E-state index < -0.39 is 0 Å². The molecule has 0 amide bonds. The Morgan fingerprint density at radius 3 is 2.60 bits per heavy atom. The van der Waals surface area contributed by atoms with Crippen LogP contribution in [0.4, 0.5) is 0 Å². The predicted octanol–water partition coefficient (Wildman–Crippen LogP) is 3.84. The van der Waals surface area contributed by atoms with E-state index >= 15 is 0 Å². The summed E-state index contributed by atoms with van der Waals surface area (Å²) in [6.07, 6.45) is 5.24. The van der Waals surface area contributed by atoms with Crippen molar-refractivity contribution < 1.29 is 0 Å². The van der Waals surface area contributed by atoms with Crippen LogP contribution in [0.15, 0.2) is 18.2 Å². The van der Waals surface area contributed by atoms with Gasteiger partial charge in [-0.15, -0.1) is 0 Å².